The number of aryl methyl sites for hydroxylation is 1. The minimum absolute atomic E-state index is 0.740. The van der Waals surface area contributed by atoms with Gasteiger partial charge in [-0.3, -0.25) is 0 Å². The predicted molar refractivity (Wildman–Crippen MR) is 67.5 cm³/mol. The van der Waals surface area contributed by atoms with Gasteiger partial charge in [0.15, 0.2) is 0 Å². The van der Waals surface area contributed by atoms with E-state index in [2.05, 4.69) is 22.2 Å². The van der Waals surface area contributed by atoms with Crippen molar-refractivity contribution in [1.82, 2.24) is 9.88 Å². The molecule has 2 heterocycles. The van der Waals surface area contributed by atoms with Gasteiger partial charge in [0.2, 0.25) is 0 Å². The Morgan fingerprint density at radius 3 is 3.00 bits per heavy atom. The van der Waals surface area contributed by atoms with Crippen molar-refractivity contribution in [3.63, 3.8) is 0 Å². The number of aromatic nitrogens is 1. The molecular formula is C12H20N4. The number of hydrogen-bond donors (Lipinski definition) is 2. The highest BCUT2D eigenvalue weighted by molar-refractivity contribution is 5.49. The van der Waals surface area contributed by atoms with Gasteiger partial charge in [-0.25, -0.2) is 4.98 Å². The molecule has 0 saturated carbocycles. The monoisotopic (exact) mass is 220 g/mol. The number of nitrogens with two attached hydrogens (primary N) is 1. The van der Waals surface area contributed by atoms with Crippen molar-refractivity contribution < 1.29 is 0 Å². The highest BCUT2D eigenvalue weighted by atomic mass is 15.1. The third-order valence-electron chi connectivity index (χ3n) is 3.19. The minimum atomic E-state index is 0.740. The van der Waals surface area contributed by atoms with Crippen LogP contribution in [0.1, 0.15) is 12.1 Å². The lowest BCUT2D eigenvalue weighted by atomic mass is 10.1. The average molecular weight is 220 g/mol. The summed E-state index contributed by atoms with van der Waals surface area (Å²) in [6.45, 7) is 5.33. The molecule has 88 valence electrons. The Bertz CT molecular complexity index is 364. The van der Waals surface area contributed by atoms with E-state index in [1.165, 1.54) is 19.5 Å². The van der Waals surface area contributed by atoms with Gasteiger partial charge in [-0.15, -0.1) is 0 Å². The van der Waals surface area contributed by atoms with Gasteiger partial charge in [-0.05, 0) is 45.0 Å². The topological polar surface area (TPSA) is 54.2 Å². The number of nitrogen functional groups attached to an aromatic ring is 1. The van der Waals surface area contributed by atoms with Crippen LogP contribution in [0.15, 0.2) is 12.1 Å². The SMILES string of the molecule is Cc1nc(NCC2CCN(C)C2)ccc1N. The molecule has 0 spiro atoms. The summed E-state index contributed by atoms with van der Waals surface area (Å²) >= 11 is 0. The fraction of sp³-hybridized carbons (Fsp3) is 0.583. The van der Waals surface area contributed by atoms with E-state index in [0.717, 1.165) is 29.7 Å². The van der Waals surface area contributed by atoms with Gasteiger partial charge in [0.1, 0.15) is 5.82 Å². The largest absolute Gasteiger partial charge is 0.397 e. The second-order valence-electron chi connectivity index (χ2n) is 4.67. The van der Waals surface area contributed by atoms with Crippen molar-refractivity contribution in [3.05, 3.63) is 17.8 Å². The highest BCUT2D eigenvalue weighted by Gasteiger charge is 2.18. The molecule has 3 N–H and O–H groups in total. The molecule has 2 rings (SSSR count). The molecule has 0 aliphatic carbocycles. The zero-order valence-electron chi connectivity index (χ0n) is 10.0. The first-order valence-corrected chi connectivity index (χ1v) is 5.80. The summed E-state index contributed by atoms with van der Waals surface area (Å²) in [7, 11) is 2.17. The first kappa shape index (κ1) is 11.2. The molecule has 1 aliphatic rings. The molecule has 1 saturated heterocycles. The molecule has 0 radical (unpaired) electrons. The van der Waals surface area contributed by atoms with Gasteiger partial charge in [-0.1, -0.05) is 0 Å². The lowest BCUT2D eigenvalue weighted by molar-refractivity contribution is 0.399. The minimum Gasteiger partial charge on any atom is -0.397 e. The van der Waals surface area contributed by atoms with Crippen molar-refractivity contribution in [2.75, 3.05) is 37.7 Å². The Balaban J connectivity index is 1.87. The number of nitrogens with zero attached hydrogens (tertiary/aromatic N) is 2. The van der Waals surface area contributed by atoms with Crippen molar-refractivity contribution in [3.8, 4) is 0 Å². The fourth-order valence-corrected chi connectivity index (χ4v) is 2.11. The summed E-state index contributed by atoms with van der Waals surface area (Å²) in [6, 6.07) is 3.85. The summed E-state index contributed by atoms with van der Waals surface area (Å²) in [5.41, 5.74) is 7.38. The van der Waals surface area contributed by atoms with Crippen LogP contribution in [0.4, 0.5) is 11.5 Å². The molecular weight excluding hydrogens is 200 g/mol. The van der Waals surface area contributed by atoms with Crippen LogP contribution in [0.5, 0.6) is 0 Å². The van der Waals surface area contributed by atoms with Crippen LogP contribution in [0.3, 0.4) is 0 Å². The summed E-state index contributed by atoms with van der Waals surface area (Å²) in [6.07, 6.45) is 1.28. The molecule has 16 heavy (non-hydrogen) atoms. The zero-order chi connectivity index (χ0) is 11.5. The molecule has 1 aromatic rings. The van der Waals surface area contributed by atoms with Gasteiger partial charge < -0.3 is 16.0 Å². The van der Waals surface area contributed by atoms with Gasteiger partial charge >= 0.3 is 0 Å². The van der Waals surface area contributed by atoms with Crippen LogP contribution in [0, 0.1) is 12.8 Å². The maximum absolute atomic E-state index is 5.73. The van der Waals surface area contributed by atoms with Gasteiger partial charge in [0.25, 0.3) is 0 Å². The normalized spacial score (nSPS) is 21.2. The molecule has 1 atom stereocenters. The molecule has 1 aliphatic heterocycles. The third-order valence-corrected chi connectivity index (χ3v) is 3.19. The number of hydrogen-bond acceptors (Lipinski definition) is 4. The van der Waals surface area contributed by atoms with Gasteiger partial charge in [0.05, 0.1) is 11.4 Å². The van der Waals surface area contributed by atoms with Crippen LogP contribution < -0.4 is 11.1 Å². The molecule has 0 aromatic carbocycles. The molecule has 1 aromatic heterocycles. The quantitative estimate of drug-likeness (QED) is 0.807. The lowest BCUT2D eigenvalue weighted by Gasteiger charge is -2.12. The van der Waals surface area contributed by atoms with E-state index >= 15 is 0 Å². The molecule has 1 unspecified atom stereocenters. The van der Waals surface area contributed by atoms with Crippen molar-refractivity contribution >= 4 is 11.5 Å². The van der Waals surface area contributed by atoms with Crippen molar-refractivity contribution in [2.45, 2.75) is 13.3 Å². The Labute approximate surface area is 96.8 Å². The van der Waals surface area contributed by atoms with E-state index in [1.807, 2.05) is 19.1 Å². The van der Waals surface area contributed by atoms with Crippen LogP contribution in [0.25, 0.3) is 0 Å². The molecule has 1 fully saturated rings. The number of anilines is 2. The summed E-state index contributed by atoms with van der Waals surface area (Å²) < 4.78 is 0. The Kier molecular flexibility index (Phi) is 3.29. The molecule has 4 nitrogen and oxygen atoms in total. The molecule has 0 bridgehead atoms. The molecule has 0 amide bonds. The zero-order valence-corrected chi connectivity index (χ0v) is 10.0. The standard InChI is InChI=1S/C12H20N4/c1-9-11(13)3-4-12(15-9)14-7-10-5-6-16(2)8-10/h3-4,10H,5-8,13H2,1-2H3,(H,14,15). The first-order valence-electron chi connectivity index (χ1n) is 5.80. The van der Waals surface area contributed by atoms with E-state index in [0.29, 0.717) is 0 Å². The Morgan fingerprint density at radius 2 is 2.38 bits per heavy atom. The van der Waals surface area contributed by atoms with Gasteiger partial charge in [0, 0.05) is 13.1 Å². The predicted octanol–water partition coefficient (Wildman–Crippen LogP) is 1.34. The maximum Gasteiger partial charge on any atom is 0.126 e. The second kappa shape index (κ2) is 4.70. The van der Waals surface area contributed by atoms with Crippen LogP contribution in [0.2, 0.25) is 0 Å². The second-order valence-corrected chi connectivity index (χ2v) is 4.67. The summed E-state index contributed by atoms with van der Waals surface area (Å²) in [5.74, 6) is 1.67. The number of pyridine rings is 1. The van der Waals surface area contributed by atoms with E-state index in [1.54, 1.807) is 0 Å². The van der Waals surface area contributed by atoms with Gasteiger partial charge in [-0.2, -0.15) is 0 Å². The summed E-state index contributed by atoms with van der Waals surface area (Å²) in [4.78, 5) is 6.77. The Hall–Kier alpha value is -1.29. The maximum atomic E-state index is 5.73. The smallest absolute Gasteiger partial charge is 0.126 e. The van der Waals surface area contributed by atoms with Crippen molar-refractivity contribution in [1.29, 1.82) is 0 Å². The summed E-state index contributed by atoms with van der Waals surface area (Å²) in [5, 5.41) is 3.38. The first-order chi connectivity index (χ1) is 7.65. The van der Waals surface area contributed by atoms with E-state index < -0.39 is 0 Å². The fourth-order valence-electron chi connectivity index (χ4n) is 2.11. The van der Waals surface area contributed by atoms with E-state index in [9.17, 15) is 0 Å². The van der Waals surface area contributed by atoms with Crippen molar-refractivity contribution in [2.24, 2.45) is 5.92 Å². The number of likely N-dealkylation sites (tertiary alicyclic amines) is 1. The van der Waals surface area contributed by atoms with Crippen LogP contribution >= 0.6 is 0 Å². The van der Waals surface area contributed by atoms with E-state index in [-0.39, 0.29) is 0 Å². The molecule has 4 heteroatoms. The lowest BCUT2D eigenvalue weighted by Crippen LogP contribution is -2.19. The van der Waals surface area contributed by atoms with Crippen LogP contribution in [-0.4, -0.2) is 36.6 Å². The van der Waals surface area contributed by atoms with E-state index in [4.69, 9.17) is 5.73 Å². The van der Waals surface area contributed by atoms with Crippen LogP contribution in [-0.2, 0) is 0 Å². The number of rotatable bonds is 3. The Morgan fingerprint density at radius 1 is 1.56 bits per heavy atom. The highest BCUT2D eigenvalue weighted by Crippen LogP contribution is 2.16. The number of nitrogens with one attached hydrogen (secondary N) is 1. The third kappa shape index (κ3) is 2.64. The average Bonchev–Trinajstić information content (AvgIpc) is 2.66.